The molecule has 12 heteroatoms. The van der Waals surface area contributed by atoms with Gasteiger partial charge in [-0.05, 0) is 60.1 Å². The minimum Gasteiger partial charge on any atom is -0.508 e. The van der Waals surface area contributed by atoms with Crippen molar-refractivity contribution in [1.29, 1.82) is 0 Å². The van der Waals surface area contributed by atoms with Crippen molar-refractivity contribution in [1.82, 2.24) is 20.9 Å². The average Bonchev–Trinajstić information content (AvgIpc) is 3.36. The molecule has 226 valence electrons. The Labute approximate surface area is 249 Å². The number of nitrogens with two attached hydrogens (primary N) is 1. The predicted octanol–water partition coefficient (Wildman–Crippen LogP) is 1.93. The first kappa shape index (κ1) is 32.5. The first-order valence-corrected chi connectivity index (χ1v) is 15.1. The molecule has 1 heterocycles. The van der Waals surface area contributed by atoms with E-state index in [1.807, 2.05) is 30.5 Å². The van der Waals surface area contributed by atoms with E-state index in [0.717, 1.165) is 22.0 Å². The number of fused-ring (bicyclic) bond motifs is 1. The molecule has 0 aliphatic rings. The zero-order valence-electron chi connectivity index (χ0n) is 23.9. The molecule has 3 rings (SSSR count). The number of hydrogen-bond donors (Lipinski definition) is 7. The van der Waals surface area contributed by atoms with Crippen LogP contribution in [0.5, 0.6) is 5.75 Å². The van der Waals surface area contributed by atoms with Gasteiger partial charge in [-0.25, -0.2) is 4.79 Å². The van der Waals surface area contributed by atoms with Gasteiger partial charge >= 0.3 is 5.97 Å². The number of thioether (sulfide) groups is 1. The first-order chi connectivity index (χ1) is 20.0. The third-order valence-electron chi connectivity index (χ3n) is 6.93. The Morgan fingerprint density at radius 1 is 0.905 bits per heavy atom. The molecule has 11 nitrogen and oxygen atoms in total. The zero-order chi connectivity index (χ0) is 30.8. The number of nitrogens with one attached hydrogen (secondary N) is 4. The Morgan fingerprint density at radius 3 is 2.21 bits per heavy atom. The Kier molecular flexibility index (Phi) is 11.8. The first-order valence-electron chi connectivity index (χ1n) is 13.7. The van der Waals surface area contributed by atoms with E-state index in [9.17, 15) is 29.4 Å². The number of H-pyrrole nitrogens is 1. The number of para-hydroxylation sites is 1. The van der Waals surface area contributed by atoms with Crippen LogP contribution < -0.4 is 21.7 Å². The summed E-state index contributed by atoms with van der Waals surface area (Å²) in [5, 5.41) is 28.0. The summed E-state index contributed by atoms with van der Waals surface area (Å²) < 4.78 is 0. The number of benzene rings is 2. The molecular formula is C30H39N5O6S. The number of hydrogen-bond acceptors (Lipinski definition) is 7. The van der Waals surface area contributed by atoms with Crippen molar-refractivity contribution < 1.29 is 29.4 Å². The Balaban J connectivity index is 1.81. The molecule has 4 unspecified atom stereocenters. The van der Waals surface area contributed by atoms with Gasteiger partial charge in [0, 0.05) is 23.5 Å². The number of carbonyl (C=O) groups excluding carboxylic acids is 3. The molecule has 0 spiro atoms. The smallest absolute Gasteiger partial charge is 0.326 e. The average molecular weight is 598 g/mol. The van der Waals surface area contributed by atoms with Crippen molar-refractivity contribution in [3.8, 4) is 5.75 Å². The minimum absolute atomic E-state index is 0.0925. The van der Waals surface area contributed by atoms with Gasteiger partial charge in [0.2, 0.25) is 17.7 Å². The predicted molar refractivity (Wildman–Crippen MR) is 163 cm³/mol. The molecule has 3 amide bonds. The summed E-state index contributed by atoms with van der Waals surface area (Å²) in [5.41, 5.74) is 8.57. The molecule has 0 saturated carbocycles. The number of phenolic OH excluding ortho intramolecular Hbond substituents is 1. The number of aromatic amines is 1. The zero-order valence-corrected chi connectivity index (χ0v) is 24.7. The van der Waals surface area contributed by atoms with Gasteiger partial charge in [-0.2, -0.15) is 11.8 Å². The van der Waals surface area contributed by atoms with Crippen LogP contribution in [0.2, 0.25) is 0 Å². The molecule has 0 radical (unpaired) electrons. The van der Waals surface area contributed by atoms with Crippen LogP contribution in [0.3, 0.4) is 0 Å². The summed E-state index contributed by atoms with van der Waals surface area (Å²) in [4.78, 5) is 54.8. The Bertz CT molecular complexity index is 1380. The number of aliphatic carboxylic acids is 1. The Morgan fingerprint density at radius 2 is 1.57 bits per heavy atom. The molecule has 0 aliphatic carbocycles. The lowest BCUT2D eigenvalue weighted by Gasteiger charge is -2.27. The van der Waals surface area contributed by atoms with E-state index >= 15 is 0 Å². The van der Waals surface area contributed by atoms with E-state index in [4.69, 9.17) is 5.73 Å². The molecule has 0 fully saturated rings. The van der Waals surface area contributed by atoms with Gasteiger partial charge in [0.15, 0.2) is 0 Å². The van der Waals surface area contributed by atoms with Crippen LogP contribution in [-0.2, 0) is 32.0 Å². The number of aromatic hydroxyl groups is 1. The SMILES string of the molecule is CSCCC(NC(=O)C(NC(=O)C(Cc1c[nH]c2ccccc12)NC(=O)C(N)Cc1ccc(O)cc1)C(C)C)C(=O)O. The van der Waals surface area contributed by atoms with Crippen LogP contribution in [0.15, 0.2) is 54.7 Å². The molecule has 3 aromatic rings. The van der Waals surface area contributed by atoms with Crippen LogP contribution in [0.25, 0.3) is 10.9 Å². The molecule has 0 saturated heterocycles. The standard InChI is InChI=1S/C30H39N5O6S/c1-17(2)26(29(39)33-24(30(40)41)12-13-42-3)35-28(38)25(15-19-16-32-23-7-5-4-6-21(19)23)34-27(37)22(31)14-18-8-10-20(36)11-9-18/h4-11,16-17,22,24-26,32,36H,12-15,31H2,1-3H3,(H,33,39)(H,34,37)(H,35,38)(H,40,41). The maximum Gasteiger partial charge on any atom is 0.326 e. The van der Waals surface area contributed by atoms with Gasteiger partial charge in [-0.1, -0.05) is 44.2 Å². The number of carbonyl (C=O) groups is 4. The summed E-state index contributed by atoms with van der Waals surface area (Å²) in [6.45, 7) is 3.48. The third kappa shape index (κ3) is 8.98. The van der Waals surface area contributed by atoms with Crippen LogP contribution in [-0.4, -0.2) is 75.1 Å². The second-order valence-electron chi connectivity index (χ2n) is 10.5. The summed E-state index contributed by atoms with van der Waals surface area (Å²) in [7, 11) is 0. The third-order valence-corrected chi connectivity index (χ3v) is 7.58. The van der Waals surface area contributed by atoms with E-state index in [0.29, 0.717) is 5.75 Å². The number of carboxylic acid groups (broad SMARTS) is 1. The van der Waals surface area contributed by atoms with Crippen molar-refractivity contribution in [2.24, 2.45) is 11.7 Å². The molecule has 4 atom stereocenters. The summed E-state index contributed by atoms with van der Waals surface area (Å²) >= 11 is 1.47. The molecule has 0 bridgehead atoms. The normalized spacial score (nSPS) is 14.1. The second-order valence-corrected chi connectivity index (χ2v) is 11.5. The van der Waals surface area contributed by atoms with Crippen molar-refractivity contribution in [2.45, 2.75) is 57.3 Å². The van der Waals surface area contributed by atoms with E-state index in [-0.39, 0.29) is 30.9 Å². The van der Waals surface area contributed by atoms with E-state index in [2.05, 4.69) is 20.9 Å². The number of carboxylic acids is 1. The van der Waals surface area contributed by atoms with Crippen LogP contribution in [0, 0.1) is 5.92 Å². The van der Waals surface area contributed by atoms with E-state index < -0.39 is 47.9 Å². The molecule has 8 N–H and O–H groups in total. The second kappa shape index (κ2) is 15.3. The fourth-order valence-corrected chi connectivity index (χ4v) is 5.00. The maximum atomic E-state index is 13.7. The van der Waals surface area contributed by atoms with Crippen molar-refractivity contribution >= 4 is 46.4 Å². The molecule has 2 aromatic carbocycles. The fourth-order valence-electron chi connectivity index (χ4n) is 4.53. The lowest BCUT2D eigenvalue weighted by atomic mass is 9.99. The lowest BCUT2D eigenvalue weighted by molar-refractivity contribution is -0.142. The van der Waals surface area contributed by atoms with Crippen LogP contribution in [0.4, 0.5) is 0 Å². The van der Waals surface area contributed by atoms with Crippen molar-refractivity contribution in [3.63, 3.8) is 0 Å². The summed E-state index contributed by atoms with van der Waals surface area (Å²) in [5.74, 6) is -2.67. The van der Waals surface area contributed by atoms with Crippen LogP contribution >= 0.6 is 11.8 Å². The molecule has 1 aromatic heterocycles. The number of aromatic nitrogens is 1. The summed E-state index contributed by atoms with van der Waals surface area (Å²) in [6, 6.07) is 9.68. The fraction of sp³-hybridized carbons (Fsp3) is 0.400. The van der Waals surface area contributed by atoms with E-state index in [1.54, 1.807) is 32.2 Å². The Hall–Kier alpha value is -4.03. The number of phenols is 1. The highest BCUT2D eigenvalue weighted by molar-refractivity contribution is 7.98. The van der Waals surface area contributed by atoms with Gasteiger partial charge in [0.05, 0.1) is 6.04 Å². The largest absolute Gasteiger partial charge is 0.508 e. The van der Waals surface area contributed by atoms with Gasteiger partial charge in [-0.3, -0.25) is 14.4 Å². The monoisotopic (exact) mass is 597 g/mol. The number of rotatable bonds is 15. The van der Waals surface area contributed by atoms with Gasteiger partial charge < -0.3 is 36.9 Å². The minimum atomic E-state index is -1.15. The van der Waals surface area contributed by atoms with Gasteiger partial charge in [0.1, 0.15) is 23.9 Å². The highest BCUT2D eigenvalue weighted by Crippen LogP contribution is 2.20. The van der Waals surface area contributed by atoms with Crippen molar-refractivity contribution in [3.05, 3.63) is 65.9 Å². The summed E-state index contributed by atoms with van der Waals surface area (Å²) in [6.07, 6.45) is 4.14. The molecular weight excluding hydrogens is 558 g/mol. The highest BCUT2D eigenvalue weighted by atomic mass is 32.2. The molecule has 0 aliphatic heterocycles. The molecule has 42 heavy (non-hydrogen) atoms. The van der Waals surface area contributed by atoms with E-state index in [1.165, 1.54) is 23.9 Å². The number of amides is 3. The maximum absolute atomic E-state index is 13.7. The van der Waals surface area contributed by atoms with Crippen molar-refractivity contribution in [2.75, 3.05) is 12.0 Å². The quantitative estimate of drug-likeness (QED) is 0.138. The van der Waals surface area contributed by atoms with Gasteiger partial charge in [0.25, 0.3) is 0 Å². The highest BCUT2D eigenvalue weighted by Gasteiger charge is 2.32. The van der Waals surface area contributed by atoms with Gasteiger partial charge in [-0.15, -0.1) is 0 Å². The van der Waals surface area contributed by atoms with Crippen LogP contribution in [0.1, 0.15) is 31.4 Å². The topological polar surface area (TPSA) is 187 Å². The lowest BCUT2D eigenvalue weighted by Crippen LogP contribution is -2.59.